The van der Waals surface area contributed by atoms with E-state index in [-0.39, 0.29) is 0 Å². The van der Waals surface area contributed by atoms with Crippen LogP contribution in [0, 0.1) is 0 Å². The van der Waals surface area contributed by atoms with Crippen LogP contribution in [0.25, 0.3) is 0 Å². The Labute approximate surface area is 114 Å². The lowest BCUT2D eigenvalue weighted by Crippen LogP contribution is -2.34. The topological polar surface area (TPSA) is 42.2 Å². The summed E-state index contributed by atoms with van der Waals surface area (Å²) in [5.41, 5.74) is 9.63. The van der Waals surface area contributed by atoms with Gasteiger partial charge in [-0.05, 0) is 37.5 Å². The van der Waals surface area contributed by atoms with Gasteiger partial charge >= 0.3 is 0 Å². The molecule has 1 aliphatic heterocycles. The number of hydrogen-bond acceptors (Lipinski definition) is 3. The van der Waals surface area contributed by atoms with E-state index in [1.54, 1.807) is 0 Å². The lowest BCUT2D eigenvalue weighted by Gasteiger charge is -2.37. The quantitative estimate of drug-likeness (QED) is 0.894. The minimum absolute atomic E-state index is 0.454. The molecule has 0 saturated carbocycles. The molecule has 19 heavy (non-hydrogen) atoms. The summed E-state index contributed by atoms with van der Waals surface area (Å²) in [6.07, 6.45) is 4.13. The van der Waals surface area contributed by atoms with E-state index in [0.29, 0.717) is 12.6 Å². The van der Waals surface area contributed by atoms with E-state index < -0.39 is 0 Å². The maximum Gasteiger partial charge on any atom is 0.137 e. The van der Waals surface area contributed by atoms with E-state index in [1.807, 2.05) is 12.3 Å². The zero-order valence-electron chi connectivity index (χ0n) is 11.2. The number of benzene rings is 1. The zero-order chi connectivity index (χ0) is 13.2. The molecule has 3 nitrogen and oxygen atoms in total. The van der Waals surface area contributed by atoms with Gasteiger partial charge in [0.1, 0.15) is 5.82 Å². The molecule has 0 spiro atoms. The van der Waals surface area contributed by atoms with Gasteiger partial charge in [-0.25, -0.2) is 4.98 Å². The molecule has 1 atom stereocenters. The Morgan fingerprint density at radius 3 is 2.95 bits per heavy atom. The highest BCUT2D eigenvalue weighted by atomic mass is 15.2. The summed E-state index contributed by atoms with van der Waals surface area (Å²) in [7, 11) is 0. The third-order valence-electron chi connectivity index (χ3n) is 3.84. The summed E-state index contributed by atoms with van der Waals surface area (Å²) in [6, 6.07) is 13.1. The second kappa shape index (κ2) is 5.02. The molecule has 98 valence electrons. The van der Waals surface area contributed by atoms with Gasteiger partial charge < -0.3 is 10.6 Å². The number of nitrogens with two attached hydrogens (primary N) is 1. The summed E-state index contributed by atoms with van der Waals surface area (Å²) in [5.74, 6) is 1.00. The number of hydrogen-bond donors (Lipinski definition) is 1. The van der Waals surface area contributed by atoms with Gasteiger partial charge in [0, 0.05) is 30.0 Å². The Morgan fingerprint density at radius 2 is 2.11 bits per heavy atom. The molecule has 1 aliphatic rings. The normalized spacial score (nSPS) is 18.2. The summed E-state index contributed by atoms with van der Waals surface area (Å²) in [6.45, 7) is 2.78. The fraction of sp³-hybridized carbons (Fsp3) is 0.312. The maximum atomic E-state index is 5.86. The smallest absolute Gasteiger partial charge is 0.137 e. The van der Waals surface area contributed by atoms with Crippen LogP contribution in [0.3, 0.4) is 0 Å². The number of pyridine rings is 1. The molecule has 3 heteroatoms. The Balaban J connectivity index is 2.13. The number of rotatable bonds is 2. The van der Waals surface area contributed by atoms with E-state index in [4.69, 9.17) is 5.73 Å². The van der Waals surface area contributed by atoms with E-state index in [9.17, 15) is 0 Å². The third-order valence-corrected chi connectivity index (χ3v) is 3.84. The van der Waals surface area contributed by atoms with Gasteiger partial charge in [0.25, 0.3) is 0 Å². The molecule has 3 rings (SSSR count). The predicted molar refractivity (Wildman–Crippen MR) is 78.5 cm³/mol. The highest BCUT2D eigenvalue weighted by Gasteiger charge is 2.26. The van der Waals surface area contributed by atoms with E-state index in [2.05, 4.69) is 47.1 Å². The van der Waals surface area contributed by atoms with Crippen LogP contribution >= 0.6 is 0 Å². The second-order valence-electron chi connectivity index (χ2n) is 5.08. The van der Waals surface area contributed by atoms with Crippen molar-refractivity contribution in [2.75, 3.05) is 4.90 Å². The first-order valence-electron chi connectivity index (χ1n) is 6.82. The molecule has 2 aromatic rings. The molecule has 1 unspecified atom stereocenters. The third kappa shape index (κ3) is 2.10. The van der Waals surface area contributed by atoms with Crippen LogP contribution in [0.1, 0.15) is 24.5 Å². The van der Waals surface area contributed by atoms with Crippen molar-refractivity contribution in [3.05, 3.63) is 53.7 Å². The molecule has 0 aliphatic carbocycles. The zero-order valence-corrected chi connectivity index (χ0v) is 11.2. The molecule has 1 aromatic heterocycles. The molecule has 0 amide bonds. The van der Waals surface area contributed by atoms with Crippen molar-refractivity contribution < 1.29 is 0 Å². The maximum absolute atomic E-state index is 5.86. The van der Waals surface area contributed by atoms with Crippen LogP contribution in [0.4, 0.5) is 11.5 Å². The van der Waals surface area contributed by atoms with Gasteiger partial charge in [-0.1, -0.05) is 24.3 Å². The van der Waals surface area contributed by atoms with E-state index in [1.165, 1.54) is 11.3 Å². The number of aromatic nitrogens is 1. The Kier molecular flexibility index (Phi) is 3.22. The van der Waals surface area contributed by atoms with Crippen molar-refractivity contribution in [3.8, 4) is 0 Å². The molecule has 0 radical (unpaired) electrons. The molecular weight excluding hydrogens is 234 g/mol. The number of fused-ring (bicyclic) bond motifs is 1. The Bertz CT molecular complexity index is 580. The Morgan fingerprint density at radius 1 is 1.26 bits per heavy atom. The van der Waals surface area contributed by atoms with Gasteiger partial charge in [0.2, 0.25) is 0 Å². The van der Waals surface area contributed by atoms with Gasteiger partial charge in [-0.2, -0.15) is 0 Å². The minimum Gasteiger partial charge on any atom is -0.326 e. The van der Waals surface area contributed by atoms with Crippen molar-refractivity contribution in [1.29, 1.82) is 0 Å². The molecule has 0 bridgehead atoms. The second-order valence-corrected chi connectivity index (χ2v) is 5.08. The first kappa shape index (κ1) is 12.2. The van der Waals surface area contributed by atoms with Crippen LogP contribution in [0.2, 0.25) is 0 Å². The molecular formula is C16H19N3. The van der Waals surface area contributed by atoms with Gasteiger partial charge in [-0.3, -0.25) is 0 Å². The molecule has 2 N–H and O–H groups in total. The molecule has 2 heterocycles. The fourth-order valence-corrected chi connectivity index (χ4v) is 2.82. The fourth-order valence-electron chi connectivity index (χ4n) is 2.82. The SMILES string of the molecule is CC1CCc2ccccc2N1c1ncccc1CN. The largest absolute Gasteiger partial charge is 0.326 e. The van der Waals surface area contributed by atoms with Crippen molar-refractivity contribution in [2.45, 2.75) is 32.4 Å². The number of nitrogens with zero attached hydrogens (tertiary/aromatic N) is 2. The van der Waals surface area contributed by atoms with Crippen LogP contribution in [-0.4, -0.2) is 11.0 Å². The average molecular weight is 253 g/mol. The predicted octanol–water partition coefficient (Wildman–Crippen LogP) is 3.01. The number of para-hydroxylation sites is 1. The van der Waals surface area contributed by atoms with E-state index >= 15 is 0 Å². The molecule has 0 fully saturated rings. The van der Waals surface area contributed by atoms with Crippen LogP contribution in [0.5, 0.6) is 0 Å². The summed E-state index contributed by atoms with van der Waals surface area (Å²) in [5, 5.41) is 0. The van der Waals surface area contributed by atoms with E-state index in [0.717, 1.165) is 24.2 Å². The Hall–Kier alpha value is -1.87. The summed E-state index contributed by atoms with van der Waals surface area (Å²) >= 11 is 0. The molecule has 1 aromatic carbocycles. The minimum atomic E-state index is 0.454. The first-order valence-corrected chi connectivity index (χ1v) is 6.82. The average Bonchev–Trinajstić information content (AvgIpc) is 2.47. The summed E-state index contributed by atoms with van der Waals surface area (Å²) in [4.78, 5) is 6.90. The van der Waals surface area contributed by atoms with Gasteiger partial charge in [0.15, 0.2) is 0 Å². The first-order chi connectivity index (χ1) is 9.31. The van der Waals surface area contributed by atoms with Crippen LogP contribution in [-0.2, 0) is 13.0 Å². The van der Waals surface area contributed by atoms with Crippen LogP contribution < -0.4 is 10.6 Å². The number of aryl methyl sites for hydroxylation is 1. The highest BCUT2D eigenvalue weighted by molar-refractivity contribution is 5.68. The van der Waals surface area contributed by atoms with Gasteiger partial charge in [-0.15, -0.1) is 0 Å². The lowest BCUT2D eigenvalue weighted by molar-refractivity contribution is 0.611. The van der Waals surface area contributed by atoms with Crippen LogP contribution in [0.15, 0.2) is 42.6 Å². The highest BCUT2D eigenvalue weighted by Crippen LogP contribution is 2.36. The van der Waals surface area contributed by atoms with Gasteiger partial charge in [0.05, 0.1) is 0 Å². The lowest BCUT2D eigenvalue weighted by atomic mass is 9.96. The number of anilines is 2. The summed E-state index contributed by atoms with van der Waals surface area (Å²) < 4.78 is 0. The van der Waals surface area contributed by atoms with Crippen molar-refractivity contribution >= 4 is 11.5 Å². The van der Waals surface area contributed by atoms with Crippen molar-refractivity contribution in [2.24, 2.45) is 5.73 Å². The monoisotopic (exact) mass is 253 g/mol. The van der Waals surface area contributed by atoms with Crippen molar-refractivity contribution in [1.82, 2.24) is 4.98 Å². The molecule has 0 saturated heterocycles. The standard InChI is InChI=1S/C16H19N3/c1-12-8-9-13-5-2-3-7-15(13)19(12)16-14(11-17)6-4-10-18-16/h2-7,10,12H,8-9,11,17H2,1H3. The van der Waals surface area contributed by atoms with Crippen molar-refractivity contribution in [3.63, 3.8) is 0 Å².